The highest BCUT2D eigenvalue weighted by Gasteiger charge is 2.29. The molecular weight excluding hydrogens is 418 g/mol. The molecule has 0 spiro atoms. The Morgan fingerprint density at radius 2 is 1.72 bits per heavy atom. The van der Waals surface area contributed by atoms with Crippen LogP contribution in [0.5, 0.6) is 0 Å². The molecule has 1 fully saturated rings. The van der Waals surface area contributed by atoms with E-state index in [1.165, 1.54) is 6.92 Å². The fourth-order valence-electron chi connectivity index (χ4n) is 3.32. The number of rotatable bonds is 13. The standard InChI is InChI=1S/C20H37N7O5/c1-11(2)10-15(19(31)32)27-18(30)14(7-5-9-24-20(21)22)26-16(28)12(3)25-17(29)13-6-4-8-23-13/h11-15,23H,4-10H2,1-3H3,(H,25,29)(H,26,28)(H,27,30)(H,31,32)(H4,21,22,24). The van der Waals surface area contributed by atoms with E-state index in [0.29, 0.717) is 12.8 Å². The van der Waals surface area contributed by atoms with Crippen molar-refractivity contribution < 1.29 is 24.3 Å². The quantitative estimate of drug-likeness (QED) is 0.0976. The van der Waals surface area contributed by atoms with Crippen LogP contribution in [0.15, 0.2) is 4.99 Å². The molecule has 0 aromatic carbocycles. The fraction of sp³-hybridized carbons (Fsp3) is 0.750. The molecule has 0 radical (unpaired) electrons. The molecule has 0 aromatic rings. The zero-order chi connectivity index (χ0) is 24.3. The predicted octanol–water partition coefficient (Wildman–Crippen LogP) is -1.60. The molecule has 0 saturated carbocycles. The minimum atomic E-state index is -1.15. The lowest BCUT2D eigenvalue weighted by Gasteiger charge is -2.24. The van der Waals surface area contributed by atoms with Crippen LogP contribution in [0.25, 0.3) is 0 Å². The Kier molecular flexibility index (Phi) is 11.5. The molecule has 0 aromatic heterocycles. The number of hydrogen-bond donors (Lipinski definition) is 7. The monoisotopic (exact) mass is 455 g/mol. The summed E-state index contributed by atoms with van der Waals surface area (Å²) in [6.45, 7) is 6.21. The van der Waals surface area contributed by atoms with Crippen molar-refractivity contribution in [1.82, 2.24) is 21.3 Å². The smallest absolute Gasteiger partial charge is 0.326 e. The molecule has 12 nitrogen and oxygen atoms in total. The van der Waals surface area contributed by atoms with Gasteiger partial charge in [0.05, 0.1) is 6.04 Å². The van der Waals surface area contributed by atoms with Crippen molar-refractivity contribution in [3.8, 4) is 0 Å². The highest BCUT2D eigenvalue weighted by molar-refractivity contribution is 5.94. The van der Waals surface area contributed by atoms with E-state index in [4.69, 9.17) is 11.5 Å². The molecule has 1 rings (SSSR count). The molecule has 1 aliphatic heterocycles. The largest absolute Gasteiger partial charge is 0.480 e. The van der Waals surface area contributed by atoms with E-state index < -0.39 is 35.9 Å². The van der Waals surface area contributed by atoms with Crippen molar-refractivity contribution in [3.63, 3.8) is 0 Å². The van der Waals surface area contributed by atoms with E-state index in [-0.39, 0.29) is 43.2 Å². The number of aliphatic carboxylic acids is 1. The molecule has 0 aliphatic carbocycles. The molecule has 0 bridgehead atoms. The van der Waals surface area contributed by atoms with Crippen LogP contribution in [0.4, 0.5) is 0 Å². The average molecular weight is 456 g/mol. The normalized spacial score (nSPS) is 18.3. The zero-order valence-electron chi connectivity index (χ0n) is 19.0. The van der Waals surface area contributed by atoms with Crippen LogP contribution in [0.2, 0.25) is 0 Å². The van der Waals surface area contributed by atoms with Gasteiger partial charge in [0.25, 0.3) is 0 Å². The van der Waals surface area contributed by atoms with Gasteiger partial charge in [0, 0.05) is 6.54 Å². The maximum atomic E-state index is 12.8. The maximum Gasteiger partial charge on any atom is 0.326 e. The zero-order valence-corrected chi connectivity index (χ0v) is 19.0. The summed E-state index contributed by atoms with van der Waals surface area (Å²) in [6, 6.07) is -3.29. The number of nitrogens with zero attached hydrogens (tertiary/aromatic N) is 1. The first-order chi connectivity index (χ1) is 15.0. The molecule has 9 N–H and O–H groups in total. The van der Waals surface area contributed by atoms with Gasteiger partial charge in [-0.25, -0.2) is 4.79 Å². The molecule has 4 atom stereocenters. The molecule has 1 heterocycles. The predicted molar refractivity (Wildman–Crippen MR) is 119 cm³/mol. The molecule has 3 amide bonds. The first-order valence-corrected chi connectivity index (χ1v) is 10.9. The number of hydrogen-bond acceptors (Lipinski definition) is 6. The topological polar surface area (TPSA) is 201 Å². The first-order valence-electron chi connectivity index (χ1n) is 10.9. The summed E-state index contributed by atoms with van der Waals surface area (Å²) in [7, 11) is 0. The van der Waals surface area contributed by atoms with E-state index >= 15 is 0 Å². The van der Waals surface area contributed by atoms with Crippen LogP contribution >= 0.6 is 0 Å². The summed E-state index contributed by atoms with van der Waals surface area (Å²) in [6.07, 6.45) is 2.40. The van der Waals surface area contributed by atoms with Gasteiger partial charge in [-0.1, -0.05) is 13.8 Å². The molecule has 182 valence electrons. The van der Waals surface area contributed by atoms with Crippen LogP contribution in [0.1, 0.15) is 52.9 Å². The van der Waals surface area contributed by atoms with Gasteiger partial charge in [-0.3, -0.25) is 19.4 Å². The summed E-state index contributed by atoms with van der Waals surface area (Å²) in [5.41, 5.74) is 10.6. The maximum absolute atomic E-state index is 12.8. The first kappa shape index (κ1) is 27.1. The molecule has 1 aliphatic rings. The molecule has 4 unspecified atom stereocenters. The Hall–Kier alpha value is -2.89. The average Bonchev–Trinajstić information content (AvgIpc) is 3.23. The second-order valence-electron chi connectivity index (χ2n) is 8.42. The number of guanidine groups is 1. The fourth-order valence-corrected chi connectivity index (χ4v) is 3.32. The lowest BCUT2D eigenvalue weighted by atomic mass is 10.0. The van der Waals surface area contributed by atoms with E-state index in [2.05, 4.69) is 26.3 Å². The molecule has 1 saturated heterocycles. The van der Waals surface area contributed by atoms with Crippen molar-refractivity contribution >= 4 is 29.7 Å². The van der Waals surface area contributed by atoms with Gasteiger partial charge in [-0.15, -0.1) is 0 Å². The SMILES string of the molecule is CC(C)CC(NC(=O)C(CCCN=C(N)N)NC(=O)C(C)NC(=O)C1CCCN1)C(=O)O. The number of aliphatic imine (C=N–C) groups is 1. The lowest BCUT2D eigenvalue weighted by molar-refractivity contribution is -0.142. The van der Waals surface area contributed by atoms with Gasteiger partial charge in [0.2, 0.25) is 17.7 Å². The van der Waals surface area contributed by atoms with Crippen molar-refractivity contribution in [1.29, 1.82) is 0 Å². The van der Waals surface area contributed by atoms with Crippen LogP contribution in [-0.2, 0) is 19.2 Å². The van der Waals surface area contributed by atoms with E-state index in [1.54, 1.807) is 0 Å². The van der Waals surface area contributed by atoms with E-state index in [1.807, 2.05) is 13.8 Å². The van der Waals surface area contributed by atoms with Crippen molar-refractivity contribution in [3.05, 3.63) is 0 Å². The van der Waals surface area contributed by atoms with Crippen LogP contribution in [0.3, 0.4) is 0 Å². The van der Waals surface area contributed by atoms with Gasteiger partial charge < -0.3 is 37.8 Å². The summed E-state index contributed by atoms with van der Waals surface area (Å²) < 4.78 is 0. The van der Waals surface area contributed by atoms with Crippen LogP contribution in [0, 0.1) is 5.92 Å². The van der Waals surface area contributed by atoms with Crippen LogP contribution < -0.4 is 32.7 Å². The molecule has 32 heavy (non-hydrogen) atoms. The Balaban J connectivity index is 2.78. The number of nitrogens with one attached hydrogen (secondary N) is 4. The highest BCUT2D eigenvalue weighted by Crippen LogP contribution is 2.08. The van der Waals surface area contributed by atoms with E-state index in [0.717, 1.165) is 13.0 Å². The Morgan fingerprint density at radius 3 is 2.25 bits per heavy atom. The second kappa shape index (κ2) is 13.5. The summed E-state index contributed by atoms with van der Waals surface area (Å²) in [5.74, 6) is -2.63. The number of amides is 3. The molecule has 12 heteroatoms. The van der Waals surface area contributed by atoms with Crippen molar-refractivity contribution in [2.24, 2.45) is 22.4 Å². The molecular formula is C20H37N7O5. The Labute approximate surface area is 188 Å². The van der Waals surface area contributed by atoms with E-state index in [9.17, 15) is 24.3 Å². The van der Waals surface area contributed by atoms with Gasteiger partial charge >= 0.3 is 5.97 Å². The third kappa shape index (κ3) is 9.94. The minimum absolute atomic E-state index is 0.0470. The number of carboxylic acids is 1. The third-order valence-electron chi connectivity index (χ3n) is 5.03. The Bertz CT molecular complexity index is 688. The second-order valence-corrected chi connectivity index (χ2v) is 8.42. The minimum Gasteiger partial charge on any atom is -0.480 e. The summed E-state index contributed by atoms with van der Waals surface area (Å²) in [4.78, 5) is 53.0. The van der Waals surface area contributed by atoms with Gasteiger partial charge in [-0.05, 0) is 51.5 Å². The van der Waals surface area contributed by atoms with Gasteiger partial charge in [0.1, 0.15) is 18.1 Å². The van der Waals surface area contributed by atoms with Crippen LogP contribution in [-0.4, -0.2) is 72.0 Å². The lowest BCUT2D eigenvalue weighted by Crippen LogP contribution is -2.56. The van der Waals surface area contributed by atoms with Gasteiger partial charge in [-0.2, -0.15) is 0 Å². The number of carbonyl (C=O) groups is 4. The Morgan fingerprint density at radius 1 is 1.06 bits per heavy atom. The number of carbonyl (C=O) groups excluding carboxylic acids is 3. The third-order valence-corrected chi connectivity index (χ3v) is 5.03. The highest BCUT2D eigenvalue weighted by atomic mass is 16.4. The summed E-state index contributed by atoms with van der Waals surface area (Å²) in [5, 5.41) is 20.2. The van der Waals surface area contributed by atoms with Crippen molar-refractivity contribution in [2.75, 3.05) is 13.1 Å². The number of carboxylic acid groups (broad SMARTS) is 1. The van der Waals surface area contributed by atoms with Crippen molar-refractivity contribution in [2.45, 2.75) is 77.0 Å². The van der Waals surface area contributed by atoms with Gasteiger partial charge in [0.15, 0.2) is 5.96 Å². The summed E-state index contributed by atoms with van der Waals surface area (Å²) >= 11 is 0. The number of nitrogens with two attached hydrogens (primary N) is 2.